The van der Waals surface area contributed by atoms with Crippen molar-refractivity contribution < 1.29 is 14.6 Å². The summed E-state index contributed by atoms with van der Waals surface area (Å²) in [5.74, 6) is -0.470. The molecule has 0 saturated heterocycles. The minimum Gasteiger partial charge on any atom is -0.479 e. The van der Waals surface area contributed by atoms with E-state index in [0.717, 1.165) is 20.9 Å². The summed E-state index contributed by atoms with van der Waals surface area (Å²) in [4.78, 5) is 19.6. The molecule has 21 heavy (non-hydrogen) atoms. The zero-order valence-corrected chi connectivity index (χ0v) is 12.0. The molecule has 1 aromatic carbocycles. The summed E-state index contributed by atoms with van der Waals surface area (Å²) in [5, 5.41) is 9.69. The normalized spacial score (nSPS) is 12.2. The molecule has 1 atom stereocenters. The van der Waals surface area contributed by atoms with Gasteiger partial charge in [0.15, 0.2) is 6.10 Å². The van der Waals surface area contributed by atoms with Crippen LogP contribution in [0.4, 0.5) is 0 Å². The molecule has 3 aromatic rings. The van der Waals surface area contributed by atoms with Crippen molar-refractivity contribution in [2.45, 2.75) is 13.0 Å². The average molecular weight is 300 g/mol. The molecular weight excluding hydrogens is 288 g/mol. The molecule has 0 radical (unpaired) electrons. The second-order valence-electron chi connectivity index (χ2n) is 4.46. The highest BCUT2D eigenvalue weighted by molar-refractivity contribution is 7.21. The zero-order valence-electron chi connectivity index (χ0n) is 11.2. The highest BCUT2D eigenvalue weighted by Gasteiger charge is 2.13. The van der Waals surface area contributed by atoms with E-state index in [1.807, 2.05) is 24.3 Å². The van der Waals surface area contributed by atoms with Crippen LogP contribution >= 0.6 is 11.3 Å². The summed E-state index contributed by atoms with van der Waals surface area (Å²) in [6.45, 7) is 1.50. The van der Waals surface area contributed by atoms with E-state index in [-0.39, 0.29) is 0 Å². The number of nitrogens with zero attached hydrogens (tertiary/aromatic N) is 2. The fourth-order valence-electron chi connectivity index (χ4n) is 1.83. The molecule has 0 amide bonds. The van der Waals surface area contributed by atoms with E-state index in [4.69, 9.17) is 9.84 Å². The first-order valence-corrected chi connectivity index (χ1v) is 7.16. The molecule has 0 saturated carbocycles. The highest BCUT2D eigenvalue weighted by atomic mass is 32.1. The number of aromatic nitrogens is 2. The molecule has 0 aliphatic rings. The van der Waals surface area contributed by atoms with E-state index in [1.165, 1.54) is 18.3 Å². The van der Waals surface area contributed by atoms with Crippen LogP contribution in [0.15, 0.2) is 42.6 Å². The molecule has 2 aromatic heterocycles. The van der Waals surface area contributed by atoms with Gasteiger partial charge in [0.05, 0.1) is 15.9 Å². The van der Waals surface area contributed by atoms with Crippen molar-refractivity contribution in [3.8, 4) is 16.5 Å². The Kier molecular flexibility index (Phi) is 3.53. The van der Waals surface area contributed by atoms with Crippen LogP contribution < -0.4 is 4.74 Å². The molecule has 0 fully saturated rings. The van der Waals surface area contributed by atoms with Gasteiger partial charge in [-0.15, -0.1) is 11.3 Å². The van der Waals surface area contributed by atoms with Crippen LogP contribution in [-0.4, -0.2) is 27.1 Å². The number of rotatable bonds is 4. The molecule has 5 nitrogen and oxygen atoms in total. The van der Waals surface area contributed by atoms with Crippen molar-refractivity contribution in [2.75, 3.05) is 0 Å². The van der Waals surface area contributed by atoms with Gasteiger partial charge >= 0.3 is 5.97 Å². The van der Waals surface area contributed by atoms with Gasteiger partial charge in [0.2, 0.25) is 0 Å². The standard InChI is InChI=1S/C15H12N2O3S/c1-9(15(18)19)20-10-5-6-11-13(8-10)21-14(17-11)12-4-2-3-7-16-12/h2-9H,1H3,(H,18,19). The van der Waals surface area contributed by atoms with Crippen molar-refractivity contribution in [3.63, 3.8) is 0 Å². The Morgan fingerprint density at radius 1 is 1.33 bits per heavy atom. The number of aliphatic carboxylic acids is 1. The molecule has 0 spiro atoms. The number of carbonyl (C=O) groups is 1. The van der Waals surface area contributed by atoms with Gasteiger partial charge in [-0.2, -0.15) is 0 Å². The molecule has 0 bridgehead atoms. The van der Waals surface area contributed by atoms with Crippen LogP contribution in [0, 0.1) is 0 Å². The third-order valence-electron chi connectivity index (χ3n) is 2.90. The predicted molar refractivity (Wildman–Crippen MR) is 80.6 cm³/mol. The van der Waals surface area contributed by atoms with Gasteiger partial charge < -0.3 is 9.84 Å². The van der Waals surface area contributed by atoms with E-state index in [2.05, 4.69) is 9.97 Å². The third-order valence-corrected chi connectivity index (χ3v) is 3.95. The Labute approximate surface area is 124 Å². The van der Waals surface area contributed by atoms with Crippen LogP contribution in [-0.2, 0) is 4.79 Å². The van der Waals surface area contributed by atoms with Crippen molar-refractivity contribution in [3.05, 3.63) is 42.6 Å². The molecule has 106 valence electrons. The Balaban J connectivity index is 1.94. The maximum atomic E-state index is 10.8. The number of fused-ring (bicyclic) bond motifs is 1. The maximum absolute atomic E-state index is 10.8. The van der Waals surface area contributed by atoms with Gasteiger partial charge in [-0.1, -0.05) is 6.07 Å². The lowest BCUT2D eigenvalue weighted by atomic mass is 10.3. The Morgan fingerprint density at radius 2 is 2.19 bits per heavy atom. The van der Waals surface area contributed by atoms with Gasteiger partial charge in [0, 0.05) is 6.20 Å². The zero-order chi connectivity index (χ0) is 14.8. The third kappa shape index (κ3) is 2.85. The molecule has 0 aliphatic carbocycles. The number of hydrogen-bond acceptors (Lipinski definition) is 5. The van der Waals surface area contributed by atoms with Crippen LogP contribution in [0.25, 0.3) is 20.9 Å². The first-order valence-electron chi connectivity index (χ1n) is 6.35. The summed E-state index contributed by atoms with van der Waals surface area (Å²) in [5.41, 5.74) is 1.66. The minimum atomic E-state index is -0.992. The number of benzene rings is 1. The Hall–Kier alpha value is -2.47. The largest absolute Gasteiger partial charge is 0.479 e. The first kappa shape index (κ1) is 13.5. The summed E-state index contributed by atoms with van der Waals surface area (Å²) in [7, 11) is 0. The lowest BCUT2D eigenvalue weighted by Crippen LogP contribution is -2.22. The molecule has 0 aliphatic heterocycles. The quantitative estimate of drug-likeness (QED) is 0.801. The molecule has 2 heterocycles. The fraction of sp³-hybridized carbons (Fsp3) is 0.133. The number of pyridine rings is 1. The highest BCUT2D eigenvalue weighted by Crippen LogP contribution is 2.31. The lowest BCUT2D eigenvalue weighted by Gasteiger charge is -2.09. The molecule has 6 heteroatoms. The van der Waals surface area contributed by atoms with Gasteiger partial charge in [-0.3, -0.25) is 4.98 Å². The second kappa shape index (κ2) is 5.49. The lowest BCUT2D eigenvalue weighted by molar-refractivity contribution is -0.144. The molecule has 1 N–H and O–H groups in total. The predicted octanol–water partition coefficient (Wildman–Crippen LogP) is 3.21. The van der Waals surface area contributed by atoms with Crippen molar-refractivity contribution in [1.82, 2.24) is 9.97 Å². The summed E-state index contributed by atoms with van der Waals surface area (Å²) in [6, 6.07) is 11.0. The summed E-state index contributed by atoms with van der Waals surface area (Å²) < 4.78 is 6.30. The van der Waals surface area contributed by atoms with Crippen molar-refractivity contribution >= 4 is 27.5 Å². The SMILES string of the molecule is CC(Oc1ccc2nc(-c3ccccn3)sc2c1)C(=O)O. The summed E-state index contributed by atoms with van der Waals surface area (Å²) >= 11 is 1.50. The molecule has 1 unspecified atom stereocenters. The van der Waals surface area contributed by atoms with E-state index in [1.54, 1.807) is 18.3 Å². The van der Waals surface area contributed by atoms with Crippen molar-refractivity contribution in [1.29, 1.82) is 0 Å². The van der Waals surface area contributed by atoms with Gasteiger partial charge in [-0.05, 0) is 37.3 Å². The van der Waals surface area contributed by atoms with Crippen molar-refractivity contribution in [2.24, 2.45) is 0 Å². The van der Waals surface area contributed by atoms with Crippen LogP contribution in [0.5, 0.6) is 5.75 Å². The van der Waals surface area contributed by atoms with Crippen LogP contribution in [0.3, 0.4) is 0 Å². The fourth-order valence-corrected chi connectivity index (χ4v) is 2.80. The topological polar surface area (TPSA) is 72.3 Å². The Morgan fingerprint density at radius 3 is 2.90 bits per heavy atom. The number of thiazole rings is 1. The van der Waals surface area contributed by atoms with E-state index >= 15 is 0 Å². The minimum absolute atomic E-state index is 0.522. The van der Waals surface area contributed by atoms with E-state index in [0.29, 0.717) is 5.75 Å². The van der Waals surface area contributed by atoms with Crippen LogP contribution in [0.1, 0.15) is 6.92 Å². The number of hydrogen-bond donors (Lipinski definition) is 1. The number of carboxylic acid groups (broad SMARTS) is 1. The van der Waals surface area contributed by atoms with Gasteiger partial charge in [0.25, 0.3) is 0 Å². The first-order chi connectivity index (χ1) is 10.1. The van der Waals surface area contributed by atoms with Crippen LogP contribution in [0.2, 0.25) is 0 Å². The second-order valence-corrected chi connectivity index (χ2v) is 5.49. The van der Waals surface area contributed by atoms with E-state index < -0.39 is 12.1 Å². The smallest absolute Gasteiger partial charge is 0.344 e. The Bertz CT molecular complexity index is 786. The van der Waals surface area contributed by atoms with Gasteiger partial charge in [0.1, 0.15) is 10.8 Å². The van der Waals surface area contributed by atoms with Gasteiger partial charge in [-0.25, -0.2) is 9.78 Å². The molecular formula is C15H12N2O3S. The maximum Gasteiger partial charge on any atom is 0.344 e. The summed E-state index contributed by atoms with van der Waals surface area (Å²) in [6.07, 6.45) is 0.843. The monoisotopic (exact) mass is 300 g/mol. The average Bonchev–Trinajstić information content (AvgIpc) is 2.91. The number of carboxylic acids is 1. The van der Waals surface area contributed by atoms with E-state index in [9.17, 15) is 4.79 Å². The number of ether oxygens (including phenoxy) is 1. The molecule has 3 rings (SSSR count).